The van der Waals surface area contributed by atoms with Crippen molar-refractivity contribution in [2.75, 3.05) is 19.0 Å². The molecular weight excluding hydrogens is 262 g/mol. The number of carbonyl (C=O) groups excluding carboxylic acids is 1. The van der Waals surface area contributed by atoms with Gasteiger partial charge in [-0.3, -0.25) is 4.79 Å². The Kier molecular flexibility index (Phi) is 4.48. The number of nitrogens with zero attached hydrogens (tertiary/aromatic N) is 1. The second kappa shape index (κ2) is 5.93. The molecule has 0 atom stereocenters. The summed E-state index contributed by atoms with van der Waals surface area (Å²) in [7, 11) is 0. The molecule has 1 amide bonds. The molecule has 1 aliphatic rings. The van der Waals surface area contributed by atoms with E-state index in [-0.39, 0.29) is 23.8 Å². The Balaban J connectivity index is 2.10. The number of amides is 1. The summed E-state index contributed by atoms with van der Waals surface area (Å²) < 4.78 is 0. The van der Waals surface area contributed by atoms with Crippen molar-refractivity contribution < 1.29 is 9.90 Å². The van der Waals surface area contributed by atoms with Gasteiger partial charge in [0.15, 0.2) is 0 Å². The van der Waals surface area contributed by atoms with Crippen LogP contribution in [-0.2, 0) is 11.3 Å². The summed E-state index contributed by atoms with van der Waals surface area (Å²) in [6, 6.07) is 8.03. The average Bonchev–Trinajstić information content (AvgIpc) is 3.20. The molecule has 0 unspecified atom stereocenters. The molecule has 1 saturated carbocycles. The Bertz CT molecular complexity index is 457. The van der Waals surface area contributed by atoms with Crippen LogP contribution >= 0.6 is 11.6 Å². The highest BCUT2D eigenvalue weighted by molar-refractivity contribution is 6.27. The number of halogens is 1. The number of aliphatic hydroxyl groups excluding tert-OH is 1. The molecule has 0 aliphatic heterocycles. The first-order valence-electron chi connectivity index (χ1n) is 6.59. The lowest BCUT2D eigenvalue weighted by Gasteiger charge is -2.27. The highest BCUT2D eigenvalue weighted by Gasteiger charge is 2.44. The normalized spacial score (nSPS) is 16.2. The number of benzene rings is 1. The van der Waals surface area contributed by atoms with E-state index >= 15 is 0 Å². The number of hydrogen-bond acceptors (Lipinski definition) is 2. The van der Waals surface area contributed by atoms with Gasteiger partial charge in [0.2, 0.25) is 5.91 Å². The van der Waals surface area contributed by atoms with E-state index in [4.69, 9.17) is 11.6 Å². The SMILES string of the molecule is Cc1ccccc1CN(CC1(CO)CC1)C(=O)CCl. The third-order valence-corrected chi connectivity index (χ3v) is 4.14. The number of aliphatic hydroxyl groups is 1. The predicted molar refractivity (Wildman–Crippen MR) is 76.1 cm³/mol. The lowest BCUT2D eigenvalue weighted by molar-refractivity contribution is -0.130. The molecule has 1 aromatic carbocycles. The standard InChI is InChI=1S/C15H20ClNO2/c1-12-4-2-3-5-13(12)9-17(14(19)8-16)10-15(11-18)6-7-15/h2-5,18H,6-11H2,1H3. The Hall–Kier alpha value is -1.06. The highest BCUT2D eigenvalue weighted by Crippen LogP contribution is 2.45. The molecule has 2 rings (SSSR count). The maximum absolute atomic E-state index is 12.0. The van der Waals surface area contributed by atoms with Crippen LogP contribution in [0.15, 0.2) is 24.3 Å². The van der Waals surface area contributed by atoms with Gasteiger partial charge in [-0.2, -0.15) is 0 Å². The zero-order valence-corrected chi connectivity index (χ0v) is 12.0. The minimum atomic E-state index is -0.0790. The van der Waals surface area contributed by atoms with E-state index in [1.54, 1.807) is 4.90 Å². The highest BCUT2D eigenvalue weighted by atomic mass is 35.5. The fourth-order valence-corrected chi connectivity index (χ4v) is 2.43. The summed E-state index contributed by atoms with van der Waals surface area (Å²) in [6.07, 6.45) is 1.98. The van der Waals surface area contributed by atoms with Crippen molar-refractivity contribution >= 4 is 17.5 Å². The van der Waals surface area contributed by atoms with Gasteiger partial charge in [0.25, 0.3) is 0 Å². The van der Waals surface area contributed by atoms with Gasteiger partial charge in [0.1, 0.15) is 5.88 Å². The van der Waals surface area contributed by atoms with Crippen molar-refractivity contribution in [3.63, 3.8) is 0 Å². The van der Waals surface area contributed by atoms with Crippen LogP contribution in [0.2, 0.25) is 0 Å². The molecule has 0 heterocycles. The van der Waals surface area contributed by atoms with Crippen molar-refractivity contribution in [2.24, 2.45) is 5.41 Å². The summed E-state index contributed by atoms with van der Waals surface area (Å²) in [6.45, 7) is 3.35. The van der Waals surface area contributed by atoms with E-state index in [1.165, 1.54) is 5.56 Å². The van der Waals surface area contributed by atoms with E-state index in [0.717, 1.165) is 18.4 Å². The van der Waals surface area contributed by atoms with Crippen LogP contribution in [0.5, 0.6) is 0 Å². The zero-order valence-electron chi connectivity index (χ0n) is 11.2. The molecule has 1 aromatic rings. The van der Waals surface area contributed by atoms with Crippen molar-refractivity contribution in [3.8, 4) is 0 Å². The topological polar surface area (TPSA) is 40.5 Å². The number of aryl methyl sites for hydroxylation is 1. The largest absolute Gasteiger partial charge is 0.396 e. The maximum Gasteiger partial charge on any atom is 0.237 e. The predicted octanol–water partition coefficient (Wildman–Crippen LogP) is 2.33. The van der Waals surface area contributed by atoms with E-state index in [9.17, 15) is 9.90 Å². The van der Waals surface area contributed by atoms with Gasteiger partial charge in [0, 0.05) is 18.5 Å². The monoisotopic (exact) mass is 281 g/mol. The smallest absolute Gasteiger partial charge is 0.237 e. The molecule has 104 valence electrons. The van der Waals surface area contributed by atoms with Gasteiger partial charge in [-0.15, -0.1) is 11.6 Å². The second-order valence-electron chi connectivity index (χ2n) is 5.47. The van der Waals surface area contributed by atoms with Gasteiger partial charge in [0.05, 0.1) is 6.61 Å². The zero-order chi connectivity index (χ0) is 13.9. The molecule has 0 spiro atoms. The van der Waals surface area contributed by atoms with Crippen LogP contribution < -0.4 is 0 Å². The lowest BCUT2D eigenvalue weighted by Crippen LogP contribution is -2.37. The summed E-state index contributed by atoms with van der Waals surface area (Å²) in [5, 5.41) is 9.41. The van der Waals surface area contributed by atoms with Crippen LogP contribution in [0.3, 0.4) is 0 Å². The number of rotatable bonds is 6. The minimum Gasteiger partial charge on any atom is -0.396 e. The Labute approximate surface area is 119 Å². The molecular formula is C15H20ClNO2. The van der Waals surface area contributed by atoms with Crippen molar-refractivity contribution in [2.45, 2.75) is 26.3 Å². The van der Waals surface area contributed by atoms with E-state index in [1.807, 2.05) is 31.2 Å². The molecule has 3 nitrogen and oxygen atoms in total. The molecule has 0 saturated heterocycles. The third kappa shape index (κ3) is 3.48. The average molecular weight is 282 g/mol. The van der Waals surface area contributed by atoms with Gasteiger partial charge < -0.3 is 10.0 Å². The van der Waals surface area contributed by atoms with Gasteiger partial charge in [-0.1, -0.05) is 24.3 Å². The molecule has 0 aromatic heterocycles. The van der Waals surface area contributed by atoms with E-state index < -0.39 is 0 Å². The molecule has 1 fully saturated rings. The van der Waals surface area contributed by atoms with E-state index in [0.29, 0.717) is 13.1 Å². The van der Waals surface area contributed by atoms with Gasteiger partial charge in [-0.25, -0.2) is 0 Å². The van der Waals surface area contributed by atoms with Crippen LogP contribution in [-0.4, -0.2) is 34.9 Å². The number of hydrogen-bond donors (Lipinski definition) is 1. The minimum absolute atomic E-state index is 0.00656. The first kappa shape index (κ1) is 14.4. The number of alkyl halides is 1. The maximum atomic E-state index is 12.0. The van der Waals surface area contributed by atoms with Crippen LogP contribution in [0.4, 0.5) is 0 Å². The molecule has 1 N–H and O–H groups in total. The fourth-order valence-electron chi connectivity index (χ4n) is 2.26. The molecule has 19 heavy (non-hydrogen) atoms. The van der Waals surface area contributed by atoms with Crippen LogP contribution in [0.25, 0.3) is 0 Å². The quantitative estimate of drug-likeness (QED) is 0.813. The summed E-state index contributed by atoms with van der Waals surface area (Å²) >= 11 is 5.69. The van der Waals surface area contributed by atoms with Gasteiger partial charge >= 0.3 is 0 Å². The lowest BCUT2D eigenvalue weighted by atomic mass is 10.1. The van der Waals surface area contributed by atoms with Crippen molar-refractivity contribution in [1.29, 1.82) is 0 Å². The Morgan fingerprint density at radius 1 is 1.42 bits per heavy atom. The molecule has 0 radical (unpaired) electrons. The fraction of sp³-hybridized carbons (Fsp3) is 0.533. The molecule has 0 bridgehead atoms. The van der Waals surface area contributed by atoms with Crippen LogP contribution in [0.1, 0.15) is 24.0 Å². The first-order chi connectivity index (χ1) is 9.10. The third-order valence-electron chi connectivity index (χ3n) is 3.91. The summed E-state index contributed by atoms with van der Waals surface area (Å²) in [5.41, 5.74) is 2.23. The molecule has 1 aliphatic carbocycles. The molecule has 4 heteroatoms. The van der Waals surface area contributed by atoms with Crippen molar-refractivity contribution in [1.82, 2.24) is 4.90 Å². The Morgan fingerprint density at radius 2 is 2.11 bits per heavy atom. The summed E-state index contributed by atoms with van der Waals surface area (Å²) in [5.74, 6) is -0.0717. The van der Waals surface area contributed by atoms with Crippen molar-refractivity contribution in [3.05, 3.63) is 35.4 Å². The number of carbonyl (C=O) groups is 1. The van der Waals surface area contributed by atoms with Gasteiger partial charge in [-0.05, 0) is 30.9 Å². The van der Waals surface area contributed by atoms with Crippen LogP contribution in [0, 0.1) is 12.3 Å². The Morgan fingerprint density at radius 3 is 2.63 bits per heavy atom. The van der Waals surface area contributed by atoms with E-state index in [2.05, 4.69) is 0 Å². The second-order valence-corrected chi connectivity index (χ2v) is 5.74. The summed E-state index contributed by atoms with van der Waals surface area (Å²) in [4.78, 5) is 13.7. The first-order valence-corrected chi connectivity index (χ1v) is 7.13.